The van der Waals surface area contributed by atoms with E-state index in [1.165, 1.54) is 15.8 Å². The molecule has 35 heavy (non-hydrogen) atoms. The number of fused-ring (bicyclic) bond motifs is 2. The molecule has 3 heterocycles. The molecule has 0 saturated carbocycles. The molecule has 0 aliphatic heterocycles. The molecule has 1 amide bonds. The number of benzene rings is 3. The van der Waals surface area contributed by atoms with Crippen molar-refractivity contribution in [1.29, 1.82) is 0 Å². The van der Waals surface area contributed by atoms with E-state index in [-0.39, 0.29) is 5.91 Å². The normalized spacial score (nSPS) is 11.3. The highest BCUT2D eigenvalue weighted by Crippen LogP contribution is 2.31. The van der Waals surface area contributed by atoms with Gasteiger partial charge in [0.25, 0.3) is 5.91 Å². The zero-order valence-electron chi connectivity index (χ0n) is 19.2. The number of amides is 1. The number of carbonyl (C=O) groups excluding carboxylic acids is 1. The number of carbonyl (C=O) groups is 1. The van der Waals surface area contributed by atoms with Crippen LogP contribution in [0.2, 0.25) is 0 Å². The van der Waals surface area contributed by atoms with Crippen LogP contribution in [0.15, 0.2) is 85.2 Å². The Bertz CT molecular complexity index is 1700. The third-order valence-corrected chi connectivity index (χ3v) is 6.99. The lowest BCUT2D eigenvalue weighted by Crippen LogP contribution is -2.12. The van der Waals surface area contributed by atoms with Gasteiger partial charge >= 0.3 is 0 Å². The van der Waals surface area contributed by atoms with Crippen LogP contribution in [0.3, 0.4) is 0 Å². The number of nitrogens with one attached hydrogen (secondary N) is 1. The highest BCUT2D eigenvalue weighted by molar-refractivity contribution is 7.21. The van der Waals surface area contributed by atoms with Gasteiger partial charge in [-0.15, -0.1) is 11.3 Å². The van der Waals surface area contributed by atoms with Gasteiger partial charge in [-0.3, -0.25) is 4.79 Å². The van der Waals surface area contributed by atoms with Gasteiger partial charge in [-0.1, -0.05) is 35.9 Å². The lowest BCUT2D eigenvalue weighted by atomic mass is 10.1. The van der Waals surface area contributed by atoms with Crippen molar-refractivity contribution in [1.82, 2.24) is 19.6 Å². The topological polar surface area (TPSA) is 72.2 Å². The zero-order chi connectivity index (χ0) is 23.9. The molecule has 0 bridgehead atoms. The van der Waals surface area contributed by atoms with Gasteiger partial charge in [0, 0.05) is 23.0 Å². The number of aryl methyl sites for hydroxylation is 2. The first-order chi connectivity index (χ1) is 17.0. The van der Waals surface area contributed by atoms with Crippen LogP contribution in [0.5, 0.6) is 0 Å². The summed E-state index contributed by atoms with van der Waals surface area (Å²) in [5, 5.41) is 8.37. The molecule has 0 aliphatic rings. The van der Waals surface area contributed by atoms with Crippen LogP contribution in [0.4, 0.5) is 5.69 Å². The summed E-state index contributed by atoms with van der Waals surface area (Å²) < 4.78 is 2.88. The Kier molecular flexibility index (Phi) is 5.12. The van der Waals surface area contributed by atoms with Crippen molar-refractivity contribution in [2.45, 2.75) is 13.8 Å². The van der Waals surface area contributed by atoms with Gasteiger partial charge in [0.05, 0.1) is 22.1 Å². The Labute approximate surface area is 205 Å². The predicted octanol–water partition coefficient (Wildman–Crippen LogP) is 6.54. The second-order valence-electron chi connectivity index (χ2n) is 8.51. The molecule has 3 aromatic carbocycles. The van der Waals surface area contributed by atoms with E-state index in [9.17, 15) is 4.79 Å². The van der Waals surface area contributed by atoms with Crippen LogP contribution in [-0.2, 0) is 0 Å². The van der Waals surface area contributed by atoms with Crippen molar-refractivity contribution in [2.24, 2.45) is 0 Å². The van der Waals surface area contributed by atoms with Gasteiger partial charge < -0.3 is 5.32 Å². The average Bonchev–Trinajstić information content (AvgIpc) is 3.49. The Morgan fingerprint density at radius 3 is 2.43 bits per heavy atom. The molecular formula is C28H21N5OS. The summed E-state index contributed by atoms with van der Waals surface area (Å²) in [6.45, 7) is 4.13. The first-order valence-electron chi connectivity index (χ1n) is 11.2. The fourth-order valence-corrected chi connectivity index (χ4v) is 5.11. The molecule has 0 saturated heterocycles. The van der Waals surface area contributed by atoms with Crippen LogP contribution in [-0.4, -0.2) is 25.5 Å². The highest BCUT2D eigenvalue weighted by atomic mass is 32.1. The molecule has 0 radical (unpaired) electrons. The van der Waals surface area contributed by atoms with Gasteiger partial charge in [0.15, 0.2) is 5.65 Å². The molecule has 0 fully saturated rings. The van der Waals surface area contributed by atoms with Crippen LogP contribution in [0, 0.1) is 13.8 Å². The number of hydrogen-bond acceptors (Lipinski definition) is 5. The van der Waals surface area contributed by atoms with Gasteiger partial charge in [-0.05, 0) is 61.9 Å². The maximum atomic E-state index is 13.1. The van der Waals surface area contributed by atoms with Crippen LogP contribution in [0.25, 0.3) is 37.7 Å². The van der Waals surface area contributed by atoms with Crippen molar-refractivity contribution in [3.63, 3.8) is 0 Å². The Morgan fingerprint density at radius 1 is 0.886 bits per heavy atom. The van der Waals surface area contributed by atoms with E-state index in [0.29, 0.717) is 16.9 Å². The third-order valence-electron chi connectivity index (χ3n) is 5.93. The van der Waals surface area contributed by atoms with Gasteiger partial charge in [0.2, 0.25) is 0 Å². The second kappa shape index (κ2) is 8.45. The number of aromatic nitrogens is 4. The SMILES string of the molecule is Cc1ccc(-c2ccnc3c(C(=O)Nc4ccc(-c5nc6ccc(C)cc6s5)cc4)cnn23)cc1. The van der Waals surface area contributed by atoms with E-state index in [1.807, 2.05) is 48.5 Å². The molecule has 1 N–H and O–H groups in total. The summed E-state index contributed by atoms with van der Waals surface area (Å²) in [5.41, 5.74) is 7.95. The number of nitrogens with zero attached hydrogens (tertiary/aromatic N) is 4. The third kappa shape index (κ3) is 3.96. The van der Waals surface area contributed by atoms with E-state index in [0.717, 1.165) is 27.3 Å². The van der Waals surface area contributed by atoms with Crippen molar-refractivity contribution < 1.29 is 4.79 Å². The first kappa shape index (κ1) is 21.2. The summed E-state index contributed by atoms with van der Waals surface area (Å²) in [4.78, 5) is 22.2. The molecule has 0 aliphatic carbocycles. The minimum absolute atomic E-state index is 0.253. The van der Waals surface area contributed by atoms with Crippen molar-refractivity contribution >= 4 is 38.8 Å². The fraction of sp³-hybridized carbons (Fsp3) is 0.0714. The molecule has 6 nitrogen and oxygen atoms in total. The quantitative estimate of drug-likeness (QED) is 0.314. The lowest BCUT2D eigenvalue weighted by molar-refractivity contribution is 0.102. The first-order valence-corrected chi connectivity index (χ1v) is 12.1. The van der Waals surface area contributed by atoms with E-state index < -0.39 is 0 Å². The second-order valence-corrected chi connectivity index (χ2v) is 9.54. The molecule has 3 aromatic heterocycles. The van der Waals surface area contributed by atoms with Gasteiger partial charge in [0.1, 0.15) is 10.6 Å². The molecule has 6 rings (SSSR count). The summed E-state index contributed by atoms with van der Waals surface area (Å²) in [6, 6.07) is 24.1. The van der Waals surface area contributed by atoms with Crippen molar-refractivity contribution in [3.05, 3.63) is 102 Å². The van der Waals surface area contributed by atoms with Gasteiger partial charge in [-0.2, -0.15) is 5.10 Å². The van der Waals surface area contributed by atoms with Crippen molar-refractivity contribution in [2.75, 3.05) is 5.32 Å². The van der Waals surface area contributed by atoms with Crippen molar-refractivity contribution in [3.8, 4) is 21.8 Å². The summed E-state index contributed by atoms with van der Waals surface area (Å²) in [6.07, 6.45) is 3.27. The number of hydrogen-bond donors (Lipinski definition) is 1. The number of thiazole rings is 1. The van der Waals surface area contributed by atoms with E-state index in [1.54, 1.807) is 28.2 Å². The standard InChI is InChI=1S/C28H21N5OS/c1-17-3-6-19(7-4-17)24-13-14-29-26-22(16-30-33(24)26)27(34)31-21-10-8-20(9-11-21)28-32-23-12-5-18(2)15-25(23)35-28/h3-16H,1-2H3,(H,31,34). The summed E-state index contributed by atoms with van der Waals surface area (Å²) in [7, 11) is 0. The van der Waals surface area contributed by atoms with E-state index in [4.69, 9.17) is 4.98 Å². The summed E-state index contributed by atoms with van der Waals surface area (Å²) in [5.74, 6) is -0.253. The van der Waals surface area contributed by atoms with Crippen LogP contribution in [0.1, 0.15) is 21.5 Å². The molecular weight excluding hydrogens is 454 g/mol. The maximum Gasteiger partial charge on any atom is 0.261 e. The van der Waals surface area contributed by atoms with Gasteiger partial charge in [-0.25, -0.2) is 14.5 Å². The smallest absolute Gasteiger partial charge is 0.261 e. The minimum atomic E-state index is -0.253. The fourth-order valence-electron chi connectivity index (χ4n) is 4.04. The Morgan fingerprint density at radius 2 is 1.63 bits per heavy atom. The number of rotatable bonds is 4. The Balaban J connectivity index is 1.25. The molecule has 0 spiro atoms. The monoisotopic (exact) mass is 475 g/mol. The Hall–Kier alpha value is -4.36. The molecule has 6 aromatic rings. The lowest BCUT2D eigenvalue weighted by Gasteiger charge is -2.07. The largest absolute Gasteiger partial charge is 0.322 e. The zero-order valence-corrected chi connectivity index (χ0v) is 20.0. The number of anilines is 1. The average molecular weight is 476 g/mol. The summed E-state index contributed by atoms with van der Waals surface area (Å²) >= 11 is 1.67. The maximum absolute atomic E-state index is 13.1. The molecule has 0 atom stereocenters. The van der Waals surface area contributed by atoms with Crippen LogP contribution < -0.4 is 5.32 Å². The molecule has 7 heteroatoms. The highest BCUT2D eigenvalue weighted by Gasteiger charge is 2.17. The van der Waals surface area contributed by atoms with Crippen LogP contribution >= 0.6 is 11.3 Å². The predicted molar refractivity (Wildman–Crippen MR) is 141 cm³/mol. The van der Waals surface area contributed by atoms with E-state index in [2.05, 4.69) is 53.5 Å². The molecule has 0 unspecified atom stereocenters. The molecule has 170 valence electrons. The minimum Gasteiger partial charge on any atom is -0.322 e. The van der Waals surface area contributed by atoms with E-state index >= 15 is 0 Å².